The maximum Gasteiger partial charge on any atom is 0.312 e. The van der Waals surface area contributed by atoms with Crippen LogP contribution < -0.4 is 15.8 Å². The number of carbonyl (C=O) groups is 1. The van der Waals surface area contributed by atoms with Crippen LogP contribution in [-0.2, 0) is 6.54 Å². The molecule has 0 saturated heterocycles. The van der Waals surface area contributed by atoms with Gasteiger partial charge in [0.1, 0.15) is 5.75 Å². The van der Waals surface area contributed by atoms with Gasteiger partial charge in [0.15, 0.2) is 0 Å². The number of ether oxygens (including phenoxy) is 1. The zero-order valence-electron chi connectivity index (χ0n) is 11.8. The second kappa shape index (κ2) is 5.36. The van der Waals surface area contributed by atoms with Gasteiger partial charge in [-0.15, -0.1) is 0 Å². The Bertz CT molecular complexity index is 808. The molecule has 0 radical (unpaired) electrons. The van der Waals surface area contributed by atoms with Gasteiger partial charge in [-0.2, -0.15) is 0 Å². The molecule has 1 heterocycles. The summed E-state index contributed by atoms with van der Waals surface area (Å²) in [4.78, 5) is 10.8. The van der Waals surface area contributed by atoms with E-state index in [9.17, 15) is 4.79 Å². The first-order valence-electron chi connectivity index (χ1n) is 6.79. The summed E-state index contributed by atoms with van der Waals surface area (Å²) in [6.45, 7) is 1.14. The number of benzene rings is 2. The maximum absolute atomic E-state index is 10.8. The summed E-state index contributed by atoms with van der Waals surface area (Å²) in [5, 5.41) is 4.99. The van der Waals surface area contributed by atoms with Gasteiger partial charge in [-0.25, -0.2) is 4.79 Å². The van der Waals surface area contributed by atoms with Crippen molar-refractivity contribution in [3.8, 4) is 5.75 Å². The lowest BCUT2D eigenvalue weighted by Crippen LogP contribution is -2.31. The van der Waals surface area contributed by atoms with E-state index < -0.39 is 6.03 Å². The Hall–Kier alpha value is -2.69. The highest BCUT2D eigenvalue weighted by atomic mass is 16.5. The molecule has 21 heavy (non-hydrogen) atoms. The van der Waals surface area contributed by atoms with Gasteiger partial charge in [0, 0.05) is 35.4 Å². The fourth-order valence-electron chi connectivity index (χ4n) is 2.69. The van der Waals surface area contributed by atoms with Gasteiger partial charge in [-0.3, -0.25) is 0 Å². The molecule has 108 valence electrons. The Balaban J connectivity index is 2.14. The van der Waals surface area contributed by atoms with Gasteiger partial charge in [0.05, 0.1) is 12.6 Å². The quantitative estimate of drug-likeness (QED) is 0.772. The molecule has 2 amide bonds. The lowest BCUT2D eigenvalue weighted by Gasteiger charge is -2.08. The topological polar surface area (TPSA) is 69.3 Å². The Labute approximate surface area is 122 Å². The number of carbonyl (C=O) groups excluding carboxylic acids is 1. The van der Waals surface area contributed by atoms with Gasteiger partial charge in [-0.1, -0.05) is 18.2 Å². The van der Waals surface area contributed by atoms with Crippen LogP contribution in [0.5, 0.6) is 5.75 Å². The van der Waals surface area contributed by atoms with E-state index in [4.69, 9.17) is 10.5 Å². The summed E-state index contributed by atoms with van der Waals surface area (Å²) in [5.41, 5.74) is 7.34. The molecule has 5 heteroatoms. The molecule has 0 atom stereocenters. The van der Waals surface area contributed by atoms with Crippen molar-refractivity contribution in [3.63, 3.8) is 0 Å². The van der Waals surface area contributed by atoms with Crippen LogP contribution in [0.2, 0.25) is 0 Å². The zero-order chi connectivity index (χ0) is 14.8. The number of amides is 2. The third-order valence-electron chi connectivity index (χ3n) is 3.62. The van der Waals surface area contributed by atoms with Gasteiger partial charge >= 0.3 is 6.03 Å². The first-order chi connectivity index (χ1) is 10.2. The molecule has 0 aliphatic heterocycles. The molecule has 0 spiro atoms. The number of urea groups is 1. The molecule has 3 rings (SSSR count). The standard InChI is InChI=1S/C16H17N3O2/c1-21-11-6-7-13-12-4-2-3-5-14(12)19(15(13)10-11)9-8-18-16(17)20/h2-7,10H,8-9H2,1H3,(H3,17,18,20). The number of hydrogen-bond acceptors (Lipinski definition) is 2. The summed E-state index contributed by atoms with van der Waals surface area (Å²) in [6, 6.07) is 13.7. The number of rotatable bonds is 4. The molecule has 0 unspecified atom stereocenters. The van der Waals surface area contributed by atoms with Gasteiger partial charge in [0.2, 0.25) is 0 Å². The number of nitrogens with one attached hydrogen (secondary N) is 1. The van der Waals surface area contributed by atoms with Gasteiger partial charge < -0.3 is 20.4 Å². The Morgan fingerprint density at radius 2 is 1.95 bits per heavy atom. The minimum atomic E-state index is -0.506. The lowest BCUT2D eigenvalue weighted by molar-refractivity contribution is 0.248. The van der Waals surface area contributed by atoms with Crippen molar-refractivity contribution >= 4 is 27.8 Å². The summed E-state index contributed by atoms with van der Waals surface area (Å²) >= 11 is 0. The number of primary amides is 1. The van der Waals surface area contributed by atoms with Gasteiger partial charge in [0.25, 0.3) is 0 Å². The van der Waals surface area contributed by atoms with Crippen LogP contribution in [0.25, 0.3) is 21.8 Å². The highest BCUT2D eigenvalue weighted by Crippen LogP contribution is 2.31. The van der Waals surface area contributed by atoms with E-state index in [0.717, 1.165) is 16.8 Å². The molecule has 5 nitrogen and oxygen atoms in total. The molecule has 2 aromatic carbocycles. The number of fused-ring (bicyclic) bond motifs is 3. The van der Waals surface area contributed by atoms with Crippen LogP contribution in [0.3, 0.4) is 0 Å². The van der Waals surface area contributed by atoms with Crippen LogP contribution in [0.1, 0.15) is 0 Å². The monoisotopic (exact) mass is 283 g/mol. The van der Waals surface area contributed by atoms with Gasteiger partial charge in [-0.05, 0) is 18.2 Å². The first-order valence-corrected chi connectivity index (χ1v) is 6.79. The third-order valence-corrected chi connectivity index (χ3v) is 3.62. The van der Waals surface area contributed by atoms with Crippen molar-refractivity contribution in [1.29, 1.82) is 0 Å². The Morgan fingerprint density at radius 3 is 2.71 bits per heavy atom. The van der Waals surface area contributed by atoms with E-state index in [-0.39, 0.29) is 0 Å². The number of hydrogen-bond donors (Lipinski definition) is 2. The second-order valence-corrected chi connectivity index (χ2v) is 4.84. The smallest absolute Gasteiger partial charge is 0.312 e. The van der Waals surface area contributed by atoms with Crippen LogP contribution >= 0.6 is 0 Å². The van der Waals surface area contributed by atoms with Crippen LogP contribution in [0.4, 0.5) is 4.79 Å². The normalized spacial score (nSPS) is 10.9. The molecule has 0 fully saturated rings. The number of methoxy groups -OCH3 is 1. The Morgan fingerprint density at radius 1 is 1.19 bits per heavy atom. The molecule has 0 saturated carbocycles. The number of nitrogens with two attached hydrogens (primary N) is 1. The zero-order valence-corrected chi connectivity index (χ0v) is 11.8. The molecule has 0 bridgehead atoms. The summed E-state index contributed by atoms with van der Waals surface area (Å²) in [6.07, 6.45) is 0. The van der Waals surface area contributed by atoms with E-state index in [0.29, 0.717) is 13.1 Å². The van der Waals surface area contributed by atoms with Crippen molar-refractivity contribution in [1.82, 2.24) is 9.88 Å². The van der Waals surface area contributed by atoms with E-state index in [1.165, 1.54) is 10.8 Å². The number of para-hydroxylation sites is 1. The molecule has 0 aliphatic carbocycles. The van der Waals surface area contributed by atoms with Crippen molar-refractivity contribution in [2.45, 2.75) is 6.54 Å². The molecule has 0 aliphatic rings. The largest absolute Gasteiger partial charge is 0.497 e. The Kier molecular flexibility index (Phi) is 3.39. The number of aromatic nitrogens is 1. The number of nitrogens with zero attached hydrogens (tertiary/aromatic N) is 1. The van der Waals surface area contributed by atoms with E-state index in [1.54, 1.807) is 7.11 Å². The molecule has 3 aromatic rings. The van der Waals surface area contributed by atoms with E-state index in [2.05, 4.69) is 28.1 Å². The lowest BCUT2D eigenvalue weighted by atomic mass is 10.1. The molecular weight excluding hydrogens is 266 g/mol. The summed E-state index contributed by atoms with van der Waals surface area (Å²) in [7, 11) is 1.66. The maximum atomic E-state index is 10.8. The van der Waals surface area contributed by atoms with Crippen molar-refractivity contribution in [3.05, 3.63) is 42.5 Å². The summed E-state index contributed by atoms with van der Waals surface area (Å²) < 4.78 is 7.48. The summed E-state index contributed by atoms with van der Waals surface area (Å²) in [5.74, 6) is 0.814. The second-order valence-electron chi connectivity index (χ2n) is 4.84. The fraction of sp³-hybridized carbons (Fsp3) is 0.188. The third kappa shape index (κ3) is 2.38. The molecule has 1 aromatic heterocycles. The van der Waals surface area contributed by atoms with Crippen LogP contribution in [0, 0.1) is 0 Å². The van der Waals surface area contributed by atoms with E-state index >= 15 is 0 Å². The van der Waals surface area contributed by atoms with Crippen LogP contribution in [0.15, 0.2) is 42.5 Å². The fourth-order valence-corrected chi connectivity index (χ4v) is 2.69. The SMILES string of the molecule is COc1ccc2c3ccccc3n(CCNC(N)=O)c2c1. The van der Waals surface area contributed by atoms with Crippen molar-refractivity contribution in [2.24, 2.45) is 5.73 Å². The predicted molar refractivity (Wildman–Crippen MR) is 83.6 cm³/mol. The minimum Gasteiger partial charge on any atom is -0.497 e. The molecular formula is C16H17N3O2. The highest BCUT2D eigenvalue weighted by Gasteiger charge is 2.10. The van der Waals surface area contributed by atoms with Crippen molar-refractivity contribution < 1.29 is 9.53 Å². The average molecular weight is 283 g/mol. The van der Waals surface area contributed by atoms with Crippen molar-refractivity contribution in [2.75, 3.05) is 13.7 Å². The first kappa shape index (κ1) is 13.3. The predicted octanol–water partition coefficient (Wildman–Crippen LogP) is 2.47. The van der Waals surface area contributed by atoms with Crippen LogP contribution in [-0.4, -0.2) is 24.3 Å². The average Bonchev–Trinajstić information content (AvgIpc) is 2.81. The molecule has 3 N–H and O–H groups in total. The van der Waals surface area contributed by atoms with E-state index in [1.807, 2.05) is 24.3 Å². The minimum absolute atomic E-state index is 0.486. The highest BCUT2D eigenvalue weighted by molar-refractivity contribution is 6.08.